The van der Waals surface area contributed by atoms with Crippen molar-refractivity contribution in [3.63, 3.8) is 0 Å². The summed E-state index contributed by atoms with van der Waals surface area (Å²) in [4.78, 5) is 0. The molecular weight excluding hydrogens is 234 g/mol. The molecule has 0 spiro atoms. The van der Waals surface area contributed by atoms with Crippen molar-refractivity contribution in [2.24, 2.45) is 0 Å². The second-order valence-electron chi connectivity index (χ2n) is 3.65. The van der Waals surface area contributed by atoms with Gasteiger partial charge in [0.1, 0.15) is 5.82 Å². The Kier molecular flexibility index (Phi) is 4.15. The first-order chi connectivity index (χ1) is 7.84. The Labute approximate surface area is 97.1 Å². The van der Waals surface area contributed by atoms with Crippen molar-refractivity contribution >= 4 is 5.69 Å². The van der Waals surface area contributed by atoms with Crippen LogP contribution in [0.25, 0.3) is 0 Å². The summed E-state index contributed by atoms with van der Waals surface area (Å²) in [5.41, 5.74) is -0.236. The molecule has 1 N–H and O–H groups in total. The Morgan fingerprint density at radius 2 is 2.00 bits per heavy atom. The van der Waals surface area contributed by atoms with Crippen LogP contribution in [0.15, 0.2) is 30.4 Å². The third-order valence-electron chi connectivity index (χ3n) is 2.32. The van der Waals surface area contributed by atoms with Gasteiger partial charge < -0.3 is 5.32 Å². The molecule has 0 atom stereocenters. The van der Waals surface area contributed by atoms with E-state index in [2.05, 4.69) is 11.9 Å². The minimum absolute atomic E-state index is 0.158. The smallest absolute Gasteiger partial charge is 0.379 e. The lowest BCUT2D eigenvalue weighted by Crippen LogP contribution is -2.09. The van der Waals surface area contributed by atoms with Crippen molar-refractivity contribution in [1.82, 2.24) is 0 Å². The fourth-order valence-corrected chi connectivity index (χ4v) is 1.18. The Morgan fingerprint density at radius 1 is 1.35 bits per heavy atom. The number of nitrogens with one attached hydrogen (secondary N) is 1. The molecule has 0 heterocycles. The number of alkyl halides is 3. The molecule has 0 aliphatic carbocycles. The summed E-state index contributed by atoms with van der Waals surface area (Å²) in [6, 6.07) is 2.29. The van der Waals surface area contributed by atoms with E-state index in [4.69, 9.17) is 0 Å². The summed E-state index contributed by atoms with van der Waals surface area (Å²) in [5, 5.41) is 2.60. The van der Waals surface area contributed by atoms with Crippen LogP contribution in [0.2, 0.25) is 0 Å². The highest BCUT2D eigenvalue weighted by Crippen LogP contribution is 2.31. The predicted octanol–water partition coefficient (Wildman–Crippen LogP) is 4.22. The average molecular weight is 247 g/mol. The monoisotopic (exact) mass is 247 g/mol. The normalized spacial score (nSPS) is 11.4. The molecule has 0 aliphatic heterocycles. The molecule has 17 heavy (non-hydrogen) atoms. The summed E-state index contributed by atoms with van der Waals surface area (Å²) in [5.74, 6) is -0.707. The predicted molar refractivity (Wildman–Crippen MR) is 59.3 cm³/mol. The van der Waals surface area contributed by atoms with Crippen LogP contribution in [-0.4, -0.2) is 6.54 Å². The fourth-order valence-electron chi connectivity index (χ4n) is 1.18. The largest absolute Gasteiger partial charge is 0.416 e. The van der Waals surface area contributed by atoms with Crippen molar-refractivity contribution in [3.05, 3.63) is 41.7 Å². The van der Waals surface area contributed by atoms with E-state index in [0.717, 1.165) is 23.8 Å². The molecule has 0 radical (unpaired) electrons. The third kappa shape index (κ3) is 3.76. The van der Waals surface area contributed by atoms with Crippen molar-refractivity contribution in [3.8, 4) is 0 Å². The van der Waals surface area contributed by atoms with Crippen molar-refractivity contribution in [1.29, 1.82) is 0 Å². The first kappa shape index (κ1) is 13.5. The number of hydrogen-bond donors (Lipinski definition) is 1. The maximum absolute atomic E-state index is 13.3. The van der Waals surface area contributed by atoms with Crippen LogP contribution < -0.4 is 5.32 Å². The van der Waals surface area contributed by atoms with Gasteiger partial charge in [0.25, 0.3) is 0 Å². The first-order valence-corrected chi connectivity index (χ1v) is 5.12. The Morgan fingerprint density at radius 3 is 2.53 bits per heavy atom. The molecule has 0 bridgehead atoms. The zero-order chi connectivity index (χ0) is 13.1. The fraction of sp³-hybridized carbons (Fsp3) is 0.333. The Balaban J connectivity index is 2.88. The van der Waals surface area contributed by atoms with Gasteiger partial charge in [-0.25, -0.2) is 4.39 Å². The van der Waals surface area contributed by atoms with Gasteiger partial charge in [-0.15, -0.1) is 0 Å². The molecule has 0 fully saturated rings. The van der Waals surface area contributed by atoms with Crippen LogP contribution >= 0.6 is 0 Å². The standard InChI is InChI=1S/C12H13F4N/c1-3-8(2)7-17-11-6-9(12(14,15)16)4-5-10(11)13/h4-6,17H,2-3,7H2,1H3. The van der Waals surface area contributed by atoms with Crippen LogP contribution in [0.4, 0.5) is 23.2 Å². The Hall–Kier alpha value is -1.52. The van der Waals surface area contributed by atoms with E-state index in [9.17, 15) is 17.6 Å². The highest BCUT2D eigenvalue weighted by molar-refractivity contribution is 5.48. The van der Waals surface area contributed by atoms with E-state index in [0.29, 0.717) is 6.42 Å². The van der Waals surface area contributed by atoms with Crippen LogP contribution in [0.1, 0.15) is 18.9 Å². The van der Waals surface area contributed by atoms with Crippen molar-refractivity contribution in [2.75, 3.05) is 11.9 Å². The molecule has 1 nitrogen and oxygen atoms in total. The lowest BCUT2D eigenvalue weighted by molar-refractivity contribution is -0.137. The summed E-state index contributed by atoms with van der Waals surface area (Å²) in [6.07, 6.45) is -3.78. The van der Waals surface area contributed by atoms with E-state index in [1.807, 2.05) is 6.92 Å². The number of halogens is 4. The maximum Gasteiger partial charge on any atom is 0.416 e. The molecule has 0 aromatic heterocycles. The van der Waals surface area contributed by atoms with Gasteiger partial charge >= 0.3 is 6.18 Å². The third-order valence-corrected chi connectivity index (χ3v) is 2.32. The highest BCUT2D eigenvalue weighted by Gasteiger charge is 2.31. The molecule has 94 valence electrons. The van der Waals surface area contributed by atoms with E-state index in [1.54, 1.807) is 0 Å². The maximum atomic E-state index is 13.3. The van der Waals surface area contributed by atoms with Gasteiger partial charge in [-0.05, 0) is 24.6 Å². The highest BCUT2D eigenvalue weighted by atomic mass is 19.4. The van der Waals surface area contributed by atoms with Gasteiger partial charge in [0.2, 0.25) is 0 Å². The topological polar surface area (TPSA) is 12.0 Å². The van der Waals surface area contributed by atoms with Gasteiger partial charge in [-0.1, -0.05) is 19.1 Å². The molecule has 1 aromatic carbocycles. The molecule has 0 aliphatic rings. The summed E-state index contributed by atoms with van der Waals surface area (Å²) in [7, 11) is 0. The SMILES string of the molecule is C=C(CC)CNc1cc(C(F)(F)F)ccc1F. The average Bonchev–Trinajstić information content (AvgIpc) is 2.26. The van der Waals surface area contributed by atoms with Gasteiger partial charge in [0.05, 0.1) is 11.3 Å². The quantitative estimate of drug-likeness (QED) is 0.620. The van der Waals surface area contributed by atoms with Gasteiger partial charge in [0.15, 0.2) is 0 Å². The number of hydrogen-bond acceptors (Lipinski definition) is 1. The molecule has 5 heteroatoms. The van der Waals surface area contributed by atoms with Crippen molar-refractivity contribution < 1.29 is 17.6 Å². The lowest BCUT2D eigenvalue weighted by Gasteiger charge is -2.12. The second kappa shape index (κ2) is 5.21. The number of rotatable bonds is 4. The van der Waals surface area contributed by atoms with Crippen LogP contribution in [0.5, 0.6) is 0 Å². The summed E-state index contributed by atoms with van der Waals surface area (Å²) in [6.45, 7) is 5.81. The zero-order valence-electron chi connectivity index (χ0n) is 9.37. The van der Waals surface area contributed by atoms with E-state index in [1.165, 1.54) is 0 Å². The Bertz CT molecular complexity index is 409. The van der Waals surface area contributed by atoms with E-state index in [-0.39, 0.29) is 12.2 Å². The zero-order valence-corrected chi connectivity index (χ0v) is 9.37. The minimum Gasteiger partial charge on any atom is -0.379 e. The molecule has 0 unspecified atom stereocenters. The minimum atomic E-state index is -4.47. The van der Waals surface area contributed by atoms with Crippen LogP contribution in [0, 0.1) is 5.82 Å². The molecule has 1 rings (SSSR count). The van der Waals surface area contributed by atoms with Gasteiger partial charge in [0, 0.05) is 6.54 Å². The van der Waals surface area contributed by atoms with Gasteiger partial charge in [-0.2, -0.15) is 13.2 Å². The summed E-state index contributed by atoms with van der Waals surface area (Å²) >= 11 is 0. The number of benzene rings is 1. The molecule has 1 aromatic rings. The van der Waals surface area contributed by atoms with Crippen molar-refractivity contribution in [2.45, 2.75) is 19.5 Å². The molecule has 0 saturated carbocycles. The van der Waals surface area contributed by atoms with E-state index < -0.39 is 17.6 Å². The molecular formula is C12H13F4N. The van der Waals surface area contributed by atoms with Crippen LogP contribution in [-0.2, 0) is 6.18 Å². The first-order valence-electron chi connectivity index (χ1n) is 5.12. The molecule has 0 saturated heterocycles. The number of anilines is 1. The summed E-state index contributed by atoms with van der Waals surface area (Å²) < 4.78 is 50.4. The van der Waals surface area contributed by atoms with E-state index >= 15 is 0 Å². The van der Waals surface area contributed by atoms with Crippen LogP contribution in [0.3, 0.4) is 0 Å². The molecule has 0 amide bonds. The lowest BCUT2D eigenvalue weighted by atomic mass is 10.1. The second-order valence-corrected chi connectivity index (χ2v) is 3.65. The van der Waals surface area contributed by atoms with Gasteiger partial charge in [-0.3, -0.25) is 0 Å².